The molecule has 1 atom stereocenters. The van der Waals surface area contributed by atoms with Crippen LogP contribution in [0.2, 0.25) is 0 Å². The third-order valence-corrected chi connectivity index (χ3v) is 4.78. The lowest BCUT2D eigenvalue weighted by Gasteiger charge is -2.23. The Bertz CT molecular complexity index is 807. The second kappa shape index (κ2) is 5.13. The van der Waals surface area contributed by atoms with Crippen LogP contribution in [0.4, 0.5) is 5.95 Å². The summed E-state index contributed by atoms with van der Waals surface area (Å²) < 4.78 is 2.96. The maximum absolute atomic E-state index is 4.35. The summed E-state index contributed by atoms with van der Waals surface area (Å²) in [5, 5.41) is 9.76. The maximum atomic E-state index is 4.35. The molecule has 0 radical (unpaired) electrons. The van der Waals surface area contributed by atoms with Crippen LogP contribution in [0.5, 0.6) is 0 Å². The van der Waals surface area contributed by atoms with E-state index in [0.29, 0.717) is 0 Å². The summed E-state index contributed by atoms with van der Waals surface area (Å²) in [6.45, 7) is 0. The van der Waals surface area contributed by atoms with Crippen LogP contribution in [0, 0.1) is 0 Å². The largest absolute Gasteiger partial charge is 0.323 e. The number of rotatable bonds is 2. The molecule has 2 aromatic heterocycles. The van der Waals surface area contributed by atoms with Crippen molar-refractivity contribution in [1.82, 2.24) is 14.8 Å². The normalized spacial score (nSPS) is 17.0. The molecule has 0 saturated carbocycles. The molecule has 6 heteroatoms. The molecule has 1 aliphatic rings. The SMILES string of the molecule is Brc1cccc([C@@H]2C=C(c3cccs3)Nc3ncnn32)c1. The molecular weight excluding hydrogens is 348 g/mol. The number of allylic oxidation sites excluding steroid dienone is 1. The van der Waals surface area contributed by atoms with Crippen LogP contribution < -0.4 is 5.32 Å². The molecule has 0 aliphatic carbocycles. The molecular formula is C15H11BrN4S. The van der Waals surface area contributed by atoms with E-state index < -0.39 is 0 Å². The molecule has 4 rings (SSSR count). The van der Waals surface area contributed by atoms with Crippen LogP contribution in [0.1, 0.15) is 16.5 Å². The second-order valence-electron chi connectivity index (χ2n) is 4.71. The Hall–Kier alpha value is -1.92. The highest BCUT2D eigenvalue weighted by molar-refractivity contribution is 9.10. The van der Waals surface area contributed by atoms with E-state index in [1.165, 1.54) is 10.4 Å². The zero-order valence-electron chi connectivity index (χ0n) is 10.9. The van der Waals surface area contributed by atoms with Crippen LogP contribution in [0.15, 0.2) is 58.7 Å². The fourth-order valence-corrected chi connectivity index (χ4v) is 3.56. The Morgan fingerprint density at radius 3 is 3.00 bits per heavy atom. The van der Waals surface area contributed by atoms with Gasteiger partial charge in [-0.3, -0.25) is 0 Å². The zero-order chi connectivity index (χ0) is 14.2. The predicted octanol–water partition coefficient (Wildman–Crippen LogP) is 4.16. The van der Waals surface area contributed by atoms with Gasteiger partial charge in [-0.1, -0.05) is 34.1 Å². The van der Waals surface area contributed by atoms with E-state index in [1.54, 1.807) is 17.7 Å². The van der Waals surface area contributed by atoms with Crippen molar-refractivity contribution in [2.45, 2.75) is 6.04 Å². The summed E-state index contributed by atoms with van der Waals surface area (Å²) in [5.74, 6) is 0.769. The van der Waals surface area contributed by atoms with Gasteiger partial charge >= 0.3 is 0 Å². The van der Waals surface area contributed by atoms with Crippen LogP contribution in [0.3, 0.4) is 0 Å². The number of hydrogen-bond acceptors (Lipinski definition) is 4. The molecule has 0 fully saturated rings. The first kappa shape index (κ1) is 12.8. The number of thiophene rings is 1. The highest BCUT2D eigenvalue weighted by Gasteiger charge is 2.23. The first-order chi connectivity index (χ1) is 10.3. The topological polar surface area (TPSA) is 42.7 Å². The van der Waals surface area contributed by atoms with E-state index in [2.05, 4.69) is 67.1 Å². The molecule has 4 nitrogen and oxygen atoms in total. The number of nitrogens with one attached hydrogen (secondary N) is 1. The number of hydrogen-bond donors (Lipinski definition) is 1. The van der Waals surface area contributed by atoms with E-state index >= 15 is 0 Å². The summed E-state index contributed by atoms with van der Waals surface area (Å²) in [5.41, 5.74) is 2.25. The van der Waals surface area contributed by atoms with E-state index in [-0.39, 0.29) is 6.04 Å². The van der Waals surface area contributed by atoms with Gasteiger partial charge in [-0.25, -0.2) is 4.68 Å². The van der Waals surface area contributed by atoms with Gasteiger partial charge in [0.2, 0.25) is 5.95 Å². The van der Waals surface area contributed by atoms with Crippen molar-refractivity contribution in [3.8, 4) is 0 Å². The minimum absolute atomic E-state index is 0.0401. The van der Waals surface area contributed by atoms with Gasteiger partial charge < -0.3 is 5.32 Å². The van der Waals surface area contributed by atoms with E-state index in [0.717, 1.165) is 16.1 Å². The van der Waals surface area contributed by atoms with Gasteiger partial charge in [0.25, 0.3) is 0 Å². The van der Waals surface area contributed by atoms with Crippen molar-refractivity contribution < 1.29 is 0 Å². The van der Waals surface area contributed by atoms with Gasteiger partial charge in [0, 0.05) is 4.47 Å². The van der Waals surface area contributed by atoms with Gasteiger partial charge in [-0.05, 0) is 35.2 Å². The molecule has 1 aromatic carbocycles. The summed E-state index contributed by atoms with van der Waals surface area (Å²) >= 11 is 5.24. The van der Waals surface area contributed by atoms with E-state index in [4.69, 9.17) is 0 Å². The lowest BCUT2D eigenvalue weighted by Crippen LogP contribution is -2.19. The van der Waals surface area contributed by atoms with E-state index in [9.17, 15) is 0 Å². The third-order valence-electron chi connectivity index (χ3n) is 3.38. The Balaban J connectivity index is 1.84. The lowest BCUT2D eigenvalue weighted by molar-refractivity contribution is 0.612. The highest BCUT2D eigenvalue weighted by Crippen LogP contribution is 2.33. The fraction of sp³-hybridized carbons (Fsp3) is 0.0667. The number of fused-ring (bicyclic) bond motifs is 1. The summed E-state index contributed by atoms with van der Waals surface area (Å²) in [6.07, 6.45) is 3.77. The maximum Gasteiger partial charge on any atom is 0.226 e. The standard InChI is InChI=1S/C15H11BrN4S/c16-11-4-1-3-10(7-11)13-8-12(14-5-2-6-21-14)19-15-17-9-18-20(13)15/h1-9,13H,(H,17,18,19)/t13-/m0/s1. The van der Waals surface area contributed by atoms with Crippen LogP contribution in [-0.4, -0.2) is 14.8 Å². The molecule has 0 bridgehead atoms. The Morgan fingerprint density at radius 1 is 1.24 bits per heavy atom. The summed E-state index contributed by atoms with van der Waals surface area (Å²) in [4.78, 5) is 5.51. The average Bonchev–Trinajstić information content (AvgIpc) is 3.17. The van der Waals surface area contributed by atoms with Crippen molar-refractivity contribution >= 4 is 38.9 Å². The molecule has 1 N–H and O–H groups in total. The van der Waals surface area contributed by atoms with Gasteiger partial charge in [0.1, 0.15) is 12.4 Å². The number of aromatic nitrogens is 3. The molecule has 0 saturated heterocycles. The Labute approximate surface area is 134 Å². The zero-order valence-corrected chi connectivity index (χ0v) is 13.3. The highest BCUT2D eigenvalue weighted by atomic mass is 79.9. The van der Waals surface area contributed by atoms with Gasteiger partial charge in [-0.15, -0.1) is 11.3 Å². The first-order valence-corrected chi connectivity index (χ1v) is 8.16. The van der Waals surface area contributed by atoms with Crippen molar-refractivity contribution in [3.63, 3.8) is 0 Å². The number of anilines is 1. The van der Waals surface area contributed by atoms with Crippen molar-refractivity contribution in [1.29, 1.82) is 0 Å². The smallest absolute Gasteiger partial charge is 0.226 e. The van der Waals surface area contributed by atoms with Crippen molar-refractivity contribution in [2.75, 3.05) is 5.32 Å². The summed E-state index contributed by atoms with van der Waals surface area (Å²) in [7, 11) is 0. The number of benzene rings is 1. The minimum Gasteiger partial charge on any atom is -0.323 e. The monoisotopic (exact) mass is 358 g/mol. The molecule has 1 aliphatic heterocycles. The molecule has 0 unspecified atom stereocenters. The lowest BCUT2D eigenvalue weighted by atomic mass is 10.0. The average molecular weight is 359 g/mol. The second-order valence-corrected chi connectivity index (χ2v) is 6.57. The minimum atomic E-state index is 0.0401. The Morgan fingerprint density at radius 2 is 2.19 bits per heavy atom. The molecule has 0 spiro atoms. The van der Waals surface area contributed by atoms with Gasteiger partial charge in [0.05, 0.1) is 10.6 Å². The van der Waals surface area contributed by atoms with Crippen molar-refractivity contribution in [2.24, 2.45) is 0 Å². The van der Waals surface area contributed by atoms with Crippen molar-refractivity contribution in [3.05, 3.63) is 69.1 Å². The molecule has 3 heterocycles. The third kappa shape index (κ3) is 2.30. The molecule has 3 aromatic rings. The van der Waals surface area contributed by atoms with E-state index in [1.807, 2.05) is 16.8 Å². The quantitative estimate of drug-likeness (QED) is 0.747. The number of nitrogens with zero attached hydrogens (tertiary/aromatic N) is 3. The molecule has 0 amide bonds. The summed E-state index contributed by atoms with van der Waals surface area (Å²) in [6, 6.07) is 12.5. The first-order valence-electron chi connectivity index (χ1n) is 6.49. The predicted molar refractivity (Wildman–Crippen MR) is 88.2 cm³/mol. The van der Waals surface area contributed by atoms with Gasteiger partial charge in [0.15, 0.2) is 0 Å². The van der Waals surface area contributed by atoms with Crippen LogP contribution >= 0.6 is 27.3 Å². The van der Waals surface area contributed by atoms with Crippen LogP contribution in [0.25, 0.3) is 5.70 Å². The Kier molecular flexibility index (Phi) is 3.12. The van der Waals surface area contributed by atoms with Crippen LogP contribution in [-0.2, 0) is 0 Å². The molecule has 21 heavy (non-hydrogen) atoms. The van der Waals surface area contributed by atoms with Gasteiger partial charge in [-0.2, -0.15) is 10.1 Å². The number of halogens is 1. The molecule has 104 valence electrons. The fourth-order valence-electron chi connectivity index (χ4n) is 2.44.